The van der Waals surface area contributed by atoms with Crippen LogP contribution in [0.5, 0.6) is 0 Å². The molecule has 1 aliphatic rings. The Morgan fingerprint density at radius 2 is 1.77 bits per heavy atom. The molecule has 26 heavy (non-hydrogen) atoms. The number of nitrogens with one attached hydrogen (secondary N) is 2. The Labute approximate surface area is 154 Å². The molecule has 0 atom stereocenters. The lowest BCUT2D eigenvalue weighted by Gasteiger charge is -2.32. The van der Waals surface area contributed by atoms with E-state index >= 15 is 0 Å². The van der Waals surface area contributed by atoms with Gasteiger partial charge >= 0.3 is 0 Å². The van der Waals surface area contributed by atoms with Gasteiger partial charge in [0.1, 0.15) is 0 Å². The third kappa shape index (κ3) is 5.03. The monoisotopic (exact) mass is 383 g/mol. The maximum Gasteiger partial charge on any atom is 0.243 e. The zero-order valence-corrected chi connectivity index (χ0v) is 16.3. The lowest BCUT2D eigenvalue weighted by molar-refractivity contribution is -0.902. The van der Waals surface area contributed by atoms with Gasteiger partial charge in [-0.15, -0.1) is 0 Å². The number of carbonyl (C=O) groups is 2. The van der Waals surface area contributed by atoms with Crippen LogP contribution in [0.2, 0.25) is 0 Å². The molecule has 2 rings (SSSR count). The van der Waals surface area contributed by atoms with Gasteiger partial charge in [-0.1, -0.05) is 0 Å². The van der Waals surface area contributed by atoms with Crippen molar-refractivity contribution in [1.29, 1.82) is 0 Å². The largest absolute Gasteiger partial charge is 0.332 e. The number of carbonyl (C=O) groups excluding carboxylic acids is 2. The summed E-state index contributed by atoms with van der Waals surface area (Å²) in [5, 5.41) is 2.59. The standard InChI is InChI=1S/C17H26N4O4S/c1-4-20-9-11-21(12-10-20)17(23)13-19(3)26(24,25)16-7-5-15(6-8-16)18-14(2)22/h5-8H,4,9-13H2,1-3H3,(H,18,22)/p+1. The number of hydrogen-bond donors (Lipinski definition) is 2. The average Bonchev–Trinajstić information content (AvgIpc) is 2.61. The molecule has 2 N–H and O–H groups in total. The van der Waals surface area contributed by atoms with E-state index in [1.807, 2.05) is 0 Å². The number of anilines is 1. The SMILES string of the molecule is CC[NH+]1CCN(C(=O)CN(C)S(=O)(=O)c2ccc(NC(C)=O)cc2)CC1. The highest BCUT2D eigenvalue weighted by molar-refractivity contribution is 7.89. The molecular weight excluding hydrogens is 356 g/mol. The zero-order valence-electron chi connectivity index (χ0n) is 15.5. The lowest BCUT2D eigenvalue weighted by Crippen LogP contribution is -3.14. The summed E-state index contributed by atoms with van der Waals surface area (Å²) in [5.41, 5.74) is 0.520. The van der Waals surface area contributed by atoms with Crippen molar-refractivity contribution in [2.45, 2.75) is 18.7 Å². The number of sulfonamides is 1. The Morgan fingerprint density at radius 1 is 1.19 bits per heavy atom. The third-order valence-corrected chi connectivity index (χ3v) is 6.38. The molecule has 0 spiro atoms. The lowest BCUT2D eigenvalue weighted by atomic mass is 10.3. The molecule has 0 aromatic heterocycles. The van der Waals surface area contributed by atoms with Crippen molar-refractivity contribution >= 4 is 27.5 Å². The first-order valence-corrected chi connectivity index (χ1v) is 10.1. The molecule has 0 unspecified atom stereocenters. The second-order valence-corrected chi connectivity index (χ2v) is 8.50. The van der Waals surface area contributed by atoms with Crippen LogP contribution in [-0.2, 0) is 19.6 Å². The number of benzene rings is 1. The van der Waals surface area contributed by atoms with E-state index in [-0.39, 0.29) is 23.3 Å². The summed E-state index contributed by atoms with van der Waals surface area (Å²) in [7, 11) is -2.36. The molecule has 9 heteroatoms. The highest BCUT2D eigenvalue weighted by Gasteiger charge is 2.27. The molecule has 8 nitrogen and oxygen atoms in total. The molecule has 1 aromatic rings. The van der Waals surface area contributed by atoms with Gasteiger partial charge < -0.3 is 15.1 Å². The maximum atomic E-state index is 12.6. The minimum absolute atomic E-state index is 0.0853. The predicted molar refractivity (Wildman–Crippen MR) is 98.4 cm³/mol. The predicted octanol–water partition coefficient (Wildman–Crippen LogP) is -0.987. The van der Waals surface area contributed by atoms with Crippen molar-refractivity contribution in [2.24, 2.45) is 0 Å². The van der Waals surface area contributed by atoms with Gasteiger partial charge in [-0.25, -0.2) is 8.42 Å². The van der Waals surface area contributed by atoms with Gasteiger partial charge in [-0.05, 0) is 31.2 Å². The molecule has 0 aliphatic carbocycles. The molecule has 144 valence electrons. The number of piperazine rings is 1. The Hall–Kier alpha value is -1.97. The van der Waals surface area contributed by atoms with Gasteiger partial charge in [-0.3, -0.25) is 9.59 Å². The molecule has 0 bridgehead atoms. The van der Waals surface area contributed by atoms with Gasteiger partial charge in [-0.2, -0.15) is 4.31 Å². The highest BCUT2D eigenvalue weighted by atomic mass is 32.2. The fourth-order valence-corrected chi connectivity index (χ4v) is 4.02. The number of amides is 2. The number of hydrogen-bond acceptors (Lipinski definition) is 4. The number of nitrogens with zero attached hydrogens (tertiary/aromatic N) is 2. The van der Waals surface area contributed by atoms with Crippen LogP contribution in [-0.4, -0.2) is 75.8 Å². The molecule has 1 fully saturated rings. The normalized spacial score (nSPS) is 15.9. The first-order chi connectivity index (χ1) is 12.2. The number of likely N-dealkylation sites (N-methyl/N-ethyl adjacent to an activating group) is 2. The Bertz CT molecular complexity index is 741. The molecule has 1 aliphatic heterocycles. The quantitative estimate of drug-likeness (QED) is 0.660. The summed E-state index contributed by atoms with van der Waals surface area (Å²) in [5.74, 6) is -0.408. The van der Waals surface area contributed by atoms with Crippen LogP contribution in [0.1, 0.15) is 13.8 Å². The van der Waals surface area contributed by atoms with Crippen molar-refractivity contribution in [2.75, 3.05) is 51.6 Å². The van der Waals surface area contributed by atoms with Crippen molar-refractivity contribution in [3.8, 4) is 0 Å². The molecule has 2 amide bonds. The minimum atomic E-state index is -3.77. The minimum Gasteiger partial charge on any atom is -0.332 e. The van der Waals surface area contributed by atoms with E-state index in [2.05, 4.69) is 12.2 Å². The third-order valence-electron chi connectivity index (χ3n) is 4.56. The van der Waals surface area contributed by atoms with Crippen LogP contribution < -0.4 is 10.2 Å². The van der Waals surface area contributed by atoms with Crippen molar-refractivity contribution in [1.82, 2.24) is 9.21 Å². The summed E-state index contributed by atoms with van der Waals surface area (Å²) in [6, 6.07) is 5.89. The fraction of sp³-hybridized carbons (Fsp3) is 0.529. The summed E-state index contributed by atoms with van der Waals surface area (Å²) in [6.45, 7) is 7.44. The van der Waals surface area contributed by atoms with Crippen LogP contribution >= 0.6 is 0 Å². The molecule has 0 radical (unpaired) electrons. The van der Waals surface area contributed by atoms with E-state index in [0.717, 1.165) is 23.9 Å². The average molecular weight is 383 g/mol. The first kappa shape index (κ1) is 20.3. The van der Waals surface area contributed by atoms with Crippen LogP contribution in [0, 0.1) is 0 Å². The Balaban J connectivity index is 2.00. The van der Waals surface area contributed by atoms with E-state index in [1.54, 1.807) is 4.90 Å². The summed E-state index contributed by atoms with van der Waals surface area (Å²) >= 11 is 0. The van der Waals surface area contributed by atoms with Gasteiger partial charge in [0.25, 0.3) is 0 Å². The van der Waals surface area contributed by atoms with E-state index in [1.165, 1.54) is 43.1 Å². The van der Waals surface area contributed by atoms with Gasteiger partial charge in [0.15, 0.2) is 0 Å². The van der Waals surface area contributed by atoms with Crippen LogP contribution in [0.3, 0.4) is 0 Å². The molecule has 1 heterocycles. The van der Waals surface area contributed by atoms with Crippen LogP contribution in [0.25, 0.3) is 0 Å². The van der Waals surface area contributed by atoms with Crippen LogP contribution in [0.4, 0.5) is 5.69 Å². The van der Waals surface area contributed by atoms with Gasteiger partial charge in [0.2, 0.25) is 21.8 Å². The first-order valence-electron chi connectivity index (χ1n) is 8.69. The Morgan fingerprint density at radius 3 is 2.27 bits per heavy atom. The van der Waals surface area contributed by atoms with E-state index < -0.39 is 10.0 Å². The fourth-order valence-electron chi connectivity index (χ4n) is 2.89. The van der Waals surface area contributed by atoms with E-state index in [4.69, 9.17) is 0 Å². The maximum absolute atomic E-state index is 12.6. The summed E-state index contributed by atoms with van der Waals surface area (Å²) < 4.78 is 26.4. The highest BCUT2D eigenvalue weighted by Crippen LogP contribution is 2.17. The van der Waals surface area contributed by atoms with E-state index in [0.29, 0.717) is 18.8 Å². The molecule has 1 aromatic carbocycles. The molecule has 0 saturated carbocycles. The van der Waals surface area contributed by atoms with Gasteiger partial charge in [0.05, 0.1) is 44.2 Å². The molecular formula is C17H27N4O4S+. The van der Waals surface area contributed by atoms with Crippen molar-refractivity contribution in [3.63, 3.8) is 0 Å². The topological polar surface area (TPSA) is 91.2 Å². The number of rotatable bonds is 6. The van der Waals surface area contributed by atoms with Crippen molar-refractivity contribution in [3.05, 3.63) is 24.3 Å². The second-order valence-electron chi connectivity index (χ2n) is 6.45. The Kier molecular flexibility index (Phi) is 6.74. The van der Waals surface area contributed by atoms with Crippen molar-refractivity contribution < 1.29 is 22.9 Å². The van der Waals surface area contributed by atoms with Gasteiger partial charge in [0, 0.05) is 19.7 Å². The smallest absolute Gasteiger partial charge is 0.243 e. The second kappa shape index (κ2) is 8.61. The number of quaternary nitrogens is 1. The zero-order chi connectivity index (χ0) is 19.3. The summed E-state index contributed by atoms with van der Waals surface area (Å²) in [6.07, 6.45) is 0. The van der Waals surface area contributed by atoms with Crippen LogP contribution in [0.15, 0.2) is 29.2 Å². The van der Waals surface area contributed by atoms with E-state index in [9.17, 15) is 18.0 Å². The molecule has 1 saturated heterocycles. The summed E-state index contributed by atoms with van der Waals surface area (Å²) in [4.78, 5) is 26.7.